The third kappa shape index (κ3) is 2.56. The lowest BCUT2D eigenvalue weighted by Crippen LogP contribution is -2.20. The molecule has 2 rings (SSSR count). The maximum absolute atomic E-state index is 14.2. The summed E-state index contributed by atoms with van der Waals surface area (Å²) in [4.78, 5) is 0. The largest absolute Gasteiger partial charge is 0.309 e. The highest BCUT2D eigenvalue weighted by Crippen LogP contribution is 2.31. The first-order valence-corrected chi connectivity index (χ1v) is 6.72. The van der Waals surface area contributed by atoms with E-state index in [1.54, 1.807) is 38.2 Å². The molecule has 0 aliphatic rings. The van der Waals surface area contributed by atoms with E-state index in [4.69, 9.17) is 11.6 Å². The van der Waals surface area contributed by atoms with Crippen molar-refractivity contribution in [2.45, 2.75) is 19.9 Å². The molecule has 1 N–H and O–H groups in total. The van der Waals surface area contributed by atoms with Crippen molar-refractivity contribution >= 4 is 11.6 Å². The van der Waals surface area contributed by atoms with E-state index in [-0.39, 0.29) is 5.56 Å². The molecule has 0 bridgehead atoms. The molecule has 0 aliphatic carbocycles. The number of rotatable bonds is 3. The van der Waals surface area contributed by atoms with Crippen LogP contribution in [0.3, 0.4) is 0 Å². The summed E-state index contributed by atoms with van der Waals surface area (Å²) in [7, 11) is 1.71. The van der Waals surface area contributed by atoms with Crippen LogP contribution in [0.5, 0.6) is 0 Å². The molecule has 1 nitrogen and oxygen atoms in total. The molecular formula is C16H16ClF2N. The average Bonchev–Trinajstić information content (AvgIpc) is 2.44. The van der Waals surface area contributed by atoms with E-state index in [2.05, 4.69) is 5.32 Å². The molecule has 2 aromatic rings. The predicted octanol–water partition coefficient (Wildman–Crippen LogP) is 4.54. The van der Waals surface area contributed by atoms with Crippen LogP contribution in [0.25, 0.3) is 0 Å². The fraction of sp³-hybridized carbons (Fsp3) is 0.250. The molecule has 4 heteroatoms. The molecule has 106 valence electrons. The van der Waals surface area contributed by atoms with E-state index in [1.165, 1.54) is 0 Å². The summed E-state index contributed by atoms with van der Waals surface area (Å²) < 4.78 is 27.9. The van der Waals surface area contributed by atoms with Crippen LogP contribution in [-0.2, 0) is 0 Å². The third-order valence-electron chi connectivity index (χ3n) is 3.53. The molecule has 0 heterocycles. The van der Waals surface area contributed by atoms with E-state index < -0.39 is 17.7 Å². The molecule has 0 saturated carbocycles. The monoisotopic (exact) mass is 295 g/mol. The SMILES string of the molecule is CNC(c1cccc(Cl)c1C)c1ccc(C)c(F)c1F. The van der Waals surface area contributed by atoms with Gasteiger partial charge in [-0.1, -0.05) is 35.9 Å². The van der Waals surface area contributed by atoms with E-state index in [0.29, 0.717) is 10.6 Å². The van der Waals surface area contributed by atoms with Crippen molar-refractivity contribution in [2.24, 2.45) is 0 Å². The van der Waals surface area contributed by atoms with Crippen LogP contribution in [0.2, 0.25) is 5.02 Å². The zero-order chi connectivity index (χ0) is 14.9. The number of hydrogen-bond donors (Lipinski definition) is 1. The van der Waals surface area contributed by atoms with Gasteiger partial charge in [-0.05, 0) is 43.7 Å². The Morgan fingerprint density at radius 2 is 1.70 bits per heavy atom. The van der Waals surface area contributed by atoms with E-state index in [1.807, 2.05) is 13.0 Å². The molecule has 0 radical (unpaired) electrons. The second kappa shape index (κ2) is 5.90. The molecule has 2 aromatic carbocycles. The number of aryl methyl sites for hydroxylation is 1. The van der Waals surface area contributed by atoms with Gasteiger partial charge in [0.05, 0.1) is 6.04 Å². The first-order valence-electron chi connectivity index (χ1n) is 6.34. The summed E-state index contributed by atoms with van der Waals surface area (Å²) in [5, 5.41) is 3.63. The van der Waals surface area contributed by atoms with Gasteiger partial charge in [0.25, 0.3) is 0 Å². The Labute approximate surface area is 122 Å². The highest BCUT2D eigenvalue weighted by Gasteiger charge is 2.21. The number of benzene rings is 2. The highest BCUT2D eigenvalue weighted by molar-refractivity contribution is 6.31. The molecule has 0 amide bonds. The van der Waals surface area contributed by atoms with Crippen molar-refractivity contribution in [2.75, 3.05) is 7.05 Å². The first-order chi connectivity index (χ1) is 9.47. The maximum Gasteiger partial charge on any atom is 0.164 e. The fourth-order valence-corrected chi connectivity index (χ4v) is 2.48. The molecule has 20 heavy (non-hydrogen) atoms. The first kappa shape index (κ1) is 14.9. The summed E-state index contributed by atoms with van der Waals surface area (Å²) >= 11 is 6.10. The fourth-order valence-electron chi connectivity index (χ4n) is 2.30. The van der Waals surface area contributed by atoms with Crippen LogP contribution < -0.4 is 5.32 Å². The van der Waals surface area contributed by atoms with E-state index in [9.17, 15) is 8.78 Å². The van der Waals surface area contributed by atoms with Crippen molar-refractivity contribution < 1.29 is 8.78 Å². The van der Waals surface area contributed by atoms with E-state index in [0.717, 1.165) is 11.1 Å². The number of halogens is 3. The molecule has 1 unspecified atom stereocenters. The van der Waals surface area contributed by atoms with Gasteiger partial charge in [0.1, 0.15) is 0 Å². The topological polar surface area (TPSA) is 12.0 Å². The normalized spacial score (nSPS) is 12.5. The molecule has 0 aliphatic heterocycles. The van der Waals surface area contributed by atoms with Crippen LogP contribution in [0.1, 0.15) is 28.3 Å². The number of nitrogens with one attached hydrogen (secondary N) is 1. The van der Waals surface area contributed by atoms with Crippen LogP contribution in [0, 0.1) is 25.5 Å². The molecule has 0 saturated heterocycles. The van der Waals surface area contributed by atoms with Crippen molar-refractivity contribution in [1.82, 2.24) is 5.32 Å². The second-order valence-electron chi connectivity index (χ2n) is 4.78. The molecule has 0 aromatic heterocycles. The summed E-state index contributed by atoms with van der Waals surface area (Å²) in [6, 6.07) is 8.19. The van der Waals surface area contributed by atoms with Crippen LogP contribution >= 0.6 is 11.6 Å². The van der Waals surface area contributed by atoms with Gasteiger partial charge in [-0.25, -0.2) is 8.78 Å². The Kier molecular flexibility index (Phi) is 4.41. The summed E-state index contributed by atoms with van der Waals surface area (Å²) in [5.74, 6) is -1.62. The average molecular weight is 296 g/mol. The Hall–Kier alpha value is -1.45. The van der Waals surface area contributed by atoms with Gasteiger partial charge >= 0.3 is 0 Å². The van der Waals surface area contributed by atoms with Gasteiger partial charge in [0, 0.05) is 10.6 Å². The summed E-state index contributed by atoms with van der Waals surface area (Å²) in [5.41, 5.74) is 2.26. The Bertz CT molecular complexity index is 641. The van der Waals surface area contributed by atoms with Crippen molar-refractivity contribution in [3.63, 3.8) is 0 Å². The standard InChI is InChI=1S/C16H16ClF2N/c1-9-7-8-12(15(19)14(9)18)16(20-3)11-5-4-6-13(17)10(11)2/h4-8,16,20H,1-3H3. The second-order valence-corrected chi connectivity index (χ2v) is 5.18. The maximum atomic E-state index is 14.2. The molecular weight excluding hydrogens is 280 g/mol. The zero-order valence-corrected chi connectivity index (χ0v) is 12.4. The minimum absolute atomic E-state index is 0.279. The van der Waals surface area contributed by atoms with Crippen LogP contribution in [-0.4, -0.2) is 7.05 Å². The van der Waals surface area contributed by atoms with Gasteiger partial charge in [0.2, 0.25) is 0 Å². The van der Waals surface area contributed by atoms with E-state index >= 15 is 0 Å². The minimum Gasteiger partial charge on any atom is -0.309 e. The van der Waals surface area contributed by atoms with Gasteiger partial charge < -0.3 is 5.32 Å². The smallest absolute Gasteiger partial charge is 0.164 e. The Morgan fingerprint density at radius 1 is 1.00 bits per heavy atom. The summed E-state index contributed by atoms with van der Waals surface area (Å²) in [6.45, 7) is 3.41. The Morgan fingerprint density at radius 3 is 2.35 bits per heavy atom. The molecule has 1 atom stereocenters. The van der Waals surface area contributed by atoms with Gasteiger partial charge in [-0.15, -0.1) is 0 Å². The molecule has 0 fully saturated rings. The van der Waals surface area contributed by atoms with Gasteiger partial charge in [-0.3, -0.25) is 0 Å². The zero-order valence-electron chi connectivity index (χ0n) is 11.6. The lowest BCUT2D eigenvalue weighted by molar-refractivity contribution is 0.482. The number of hydrogen-bond acceptors (Lipinski definition) is 1. The summed E-state index contributed by atoms with van der Waals surface area (Å²) in [6.07, 6.45) is 0. The van der Waals surface area contributed by atoms with Crippen molar-refractivity contribution in [1.29, 1.82) is 0 Å². The lowest BCUT2D eigenvalue weighted by Gasteiger charge is -2.21. The lowest BCUT2D eigenvalue weighted by atomic mass is 9.94. The predicted molar refractivity (Wildman–Crippen MR) is 78.2 cm³/mol. The quantitative estimate of drug-likeness (QED) is 0.876. The van der Waals surface area contributed by atoms with Gasteiger partial charge in [-0.2, -0.15) is 0 Å². The van der Waals surface area contributed by atoms with Crippen LogP contribution in [0.4, 0.5) is 8.78 Å². The molecule has 0 spiro atoms. The van der Waals surface area contributed by atoms with Crippen LogP contribution in [0.15, 0.2) is 30.3 Å². The minimum atomic E-state index is -0.816. The third-order valence-corrected chi connectivity index (χ3v) is 3.93. The highest BCUT2D eigenvalue weighted by atomic mass is 35.5. The van der Waals surface area contributed by atoms with Crippen molar-refractivity contribution in [3.05, 3.63) is 69.2 Å². The van der Waals surface area contributed by atoms with Crippen molar-refractivity contribution in [3.8, 4) is 0 Å². The Balaban J connectivity index is 2.59. The van der Waals surface area contributed by atoms with Gasteiger partial charge in [0.15, 0.2) is 11.6 Å².